The Morgan fingerprint density at radius 3 is 2.65 bits per heavy atom. The molecular formula is C19H15ClN2O4. The first-order valence-electron chi connectivity index (χ1n) is 7.85. The molecule has 0 aliphatic rings. The van der Waals surface area contributed by atoms with Gasteiger partial charge in [0, 0.05) is 18.2 Å². The van der Waals surface area contributed by atoms with Gasteiger partial charge in [-0.15, -0.1) is 0 Å². The van der Waals surface area contributed by atoms with Crippen LogP contribution in [0.1, 0.15) is 22.0 Å². The van der Waals surface area contributed by atoms with Crippen LogP contribution in [0.25, 0.3) is 10.8 Å². The Labute approximate surface area is 154 Å². The lowest BCUT2D eigenvalue weighted by atomic mass is 10.0. The second-order valence-electron chi connectivity index (χ2n) is 5.72. The summed E-state index contributed by atoms with van der Waals surface area (Å²) in [5, 5.41) is 25.8. The maximum Gasteiger partial charge on any atom is 0.288 e. The third-order valence-electron chi connectivity index (χ3n) is 4.04. The van der Waals surface area contributed by atoms with E-state index in [1.807, 2.05) is 36.4 Å². The first-order valence-corrected chi connectivity index (χ1v) is 8.23. The largest absolute Gasteiger partial charge is 0.387 e. The molecule has 0 radical (unpaired) electrons. The molecule has 0 aromatic heterocycles. The number of aliphatic hydroxyl groups excluding tert-OH is 1. The molecule has 1 amide bonds. The van der Waals surface area contributed by atoms with Crippen molar-refractivity contribution in [2.24, 2.45) is 0 Å². The van der Waals surface area contributed by atoms with Crippen molar-refractivity contribution in [2.75, 3.05) is 6.54 Å². The number of carbonyl (C=O) groups excluding carboxylic acids is 1. The molecule has 0 aliphatic heterocycles. The number of carbonyl (C=O) groups is 1. The van der Waals surface area contributed by atoms with E-state index in [2.05, 4.69) is 5.32 Å². The molecule has 6 nitrogen and oxygen atoms in total. The van der Waals surface area contributed by atoms with E-state index in [-0.39, 0.29) is 22.8 Å². The number of nitro benzene ring substituents is 1. The molecule has 0 heterocycles. The summed E-state index contributed by atoms with van der Waals surface area (Å²) in [5.74, 6) is -0.524. The zero-order valence-corrected chi connectivity index (χ0v) is 14.3. The van der Waals surface area contributed by atoms with Crippen LogP contribution in [0.2, 0.25) is 5.02 Å². The van der Waals surface area contributed by atoms with E-state index < -0.39 is 16.9 Å². The van der Waals surface area contributed by atoms with Crippen LogP contribution in [0, 0.1) is 10.1 Å². The van der Waals surface area contributed by atoms with E-state index in [4.69, 9.17) is 11.6 Å². The van der Waals surface area contributed by atoms with Gasteiger partial charge in [-0.1, -0.05) is 54.1 Å². The van der Waals surface area contributed by atoms with Crippen LogP contribution in [0.5, 0.6) is 0 Å². The Morgan fingerprint density at radius 2 is 1.88 bits per heavy atom. The number of hydrogen-bond acceptors (Lipinski definition) is 4. The summed E-state index contributed by atoms with van der Waals surface area (Å²) in [4.78, 5) is 22.5. The van der Waals surface area contributed by atoms with Gasteiger partial charge in [-0.05, 0) is 28.5 Å². The summed E-state index contributed by atoms with van der Waals surface area (Å²) in [6.07, 6.45) is -0.910. The molecule has 132 valence electrons. The Hall–Kier alpha value is -2.96. The molecule has 0 saturated carbocycles. The van der Waals surface area contributed by atoms with Crippen molar-refractivity contribution in [1.82, 2.24) is 5.32 Å². The van der Waals surface area contributed by atoms with Gasteiger partial charge in [0.15, 0.2) is 0 Å². The Morgan fingerprint density at radius 1 is 1.15 bits per heavy atom. The third kappa shape index (κ3) is 3.66. The van der Waals surface area contributed by atoms with E-state index in [0.29, 0.717) is 5.56 Å². The summed E-state index contributed by atoms with van der Waals surface area (Å²) in [5.41, 5.74) is 0.464. The van der Waals surface area contributed by atoms with E-state index in [1.54, 1.807) is 6.07 Å². The predicted molar refractivity (Wildman–Crippen MR) is 99.3 cm³/mol. The number of rotatable bonds is 5. The number of nitro groups is 1. The van der Waals surface area contributed by atoms with Crippen LogP contribution in [0.15, 0.2) is 60.7 Å². The second-order valence-corrected chi connectivity index (χ2v) is 6.12. The lowest BCUT2D eigenvalue weighted by Crippen LogP contribution is -2.28. The highest BCUT2D eigenvalue weighted by molar-refractivity contribution is 6.32. The first-order chi connectivity index (χ1) is 12.5. The first kappa shape index (κ1) is 17.8. The van der Waals surface area contributed by atoms with Crippen molar-refractivity contribution in [3.63, 3.8) is 0 Å². The number of benzene rings is 3. The molecule has 0 fully saturated rings. The minimum Gasteiger partial charge on any atom is -0.387 e. The fourth-order valence-electron chi connectivity index (χ4n) is 2.74. The normalized spacial score (nSPS) is 11.9. The van der Waals surface area contributed by atoms with E-state index in [1.165, 1.54) is 12.1 Å². The summed E-state index contributed by atoms with van der Waals surface area (Å²) in [6, 6.07) is 17.0. The summed E-state index contributed by atoms with van der Waals surface area (Å²) in [6.45, 7) is -0.0245. The maximum atomic E-state index is 12.2. The standard InChI is InChI=1S/C19H15ClN2O4/c20-16-9-8-13(10-17(16)22(25)26)19(24)21-11-18(23)15-7-3-5-12-4-1-2-6-14(12)15/h1-10,18,23H,11H2,(H,21,24). The van der Waals surface area contributed by atoms with E-state index >= 15 is 0 Å². The molecule has 1 atom stereocenters. The van der Waals surface area contributed by atoms with Crippen molar-refractivity contribution in [1.29, 1.82) is 0 Å². The summed E-state index contributed by atoms with van der Waals surface area (Å²) >= 11 is 5.75. The molecule has 26 heavy (non-hydrogen) atoms. The molecule has 1 unspecified atom stereocenters. The zero-order valence-electron chi connectivity index (χ0n) is 13.6. The highest BCUT2D eigenvalue weighted by Crippen LogP contribution is 2.26. The fraction of sp³-hybridized carbons (Fsp3) is 0.105. The van der Waals surface area contributed by atoms with Gasteiger partial charge in [-0.25, -0.2) is 0 Å². The number of fused-ring (bicyclic) bond motifs is 1. The number of halogens is 1. The SMILES string of the molecule is O=C(NCC(O)c1cccc2ccccc12)c1ccc(Cl)c([N+](=O)[O-])c1. The van der Waals surface area contributed by atoms with Gasteiger partial charge >= 0.3 is 0 Å². The van der Waals surface area contributed by atoms with Crippen LogP contribution < -0.4 is 5.32 Å². The smallest absolute Gasteiger partial charge is 0.288 e. The predicted octanol–water partition coefficient (Wildman–Crippen LogP) is 3.86. The maximum absolute atomic E-state index is 12.2. The molecule has 3 aromatic rings. The van der Waals surface area contributed by atoms with Crippen LogP contribution in [-0.4, -0.2) is 22.5 Å². The number of hydrogen-bond donors (Lipinski definition) is 2. The highest BCUT2D eigenvalue weighted by atomic mass is 35.5. The highest BCUT2D eigenvalue weighted by Gasteiger charge is 2.17. The minimum absolute atomic E-state index is 0.0245. The minimum atomic E-state index is -0.910. The number of nitrogens with one attached hydrogen (secondary N) is 1. The quantitative estimate of drug-likeness (QED) is 0.526. The number of nitrogens with zero attached hydrogens (tertiary/aromatic N) is 1. The lowest BCUT2D eigenvalue weighted by Gasteiger charge is -2.15. The van der Waals surface area contributed by atoms with Gasteiger partial charge in [0.2, 0.25) is 0 Å². The van der Waals surface area contributed by atoms with E-state index in [9.17, 15) is 20.0 Å². The van der Waals surface area contributed by atoms with Gasteiger partial charge in [-0.3, -0.25) is 14.9 Å². The second kappa shape index (κ2) is 7.51. The lowest BCUT2D eigenvalue weighted by molar-refractivity contribution is -0.384. The molecule has 7 heteroatoms. The van der Waals surface area contributed by atoms with Crippen molar-refractivity contribution in [3.05, 3.63) is 86.9 Å². The third-order valence-corrected chi connectivity index (χ3v) is 4.36. The Bertz CT molecular complexity index is 985. The van der Waals surface area contributed by atoms with Crippen LogP contribution >= 0.6 is 11.6 Å². The molecular weight excluding hydrogens is 356 g/mol. The van der Waals surface area contributed by atoms with Crippen LogP contribution in [0.4, 0.5) is 5.69 Å². The zero-order chi connectivity index (χ0) is 18.7. The molecule has 0 spiro atoms. The van der Waals surface area contributed by atoms with Gasteiger partial charge in [0.25, 0.3) is 11.6 Å². The summed E-state index contributed by atoms with van der Waals surface area (Å²) < 4.78 is 0. The molecule has 2 N–H and O–H groups in total. The van der Waals surface area contributed by atoms with Crippen LogP contribution in [0.3, 0.4) is 0 Å². The van der Waals surface area contributed by atoms with E-state index in [0.717, 1.165) is 16.8 Å². The van der Waals surface area contributed by atoms with Crippen molar-refractivity contribution in [2.45, 2.75) is 6.10 Å². The Balaban J connectivity index is 1.75. The average molecular weight is 371 g/mol. The fourth-order valence-corrected chi connectivity index (χ4v) is 2.92. The number of aliphatic hydroxyl groups is 1. The molecule has 3 aromatic carbocycles. The van der Waals surface area contributed by atoms with Crippen molar-refractivity contribution < 1.29 is 14.8 Å². The van der Waals surface area contributed by atoms with Crippen molar-refractivity contribution in [3.8, 4) is 0 Å². The van der Waals surface area contributed by atoms with Crippen LogP contribution in [-0.2, 0) is 0 Å². The van der Waals surface area contributed by atoms with Gasteiger partial charge < -0.3 is 10.4 Å². The number of amides is 1. The summed E-state index contributed by atoms with van der Waals surface area (Å²) in [7, 11) is 0. The average Bonchev–Trinajstić information content (AvgIpc) is 2.65. The monoisotopic (exact) mass is 370 g/mol. The van der Waals surface area contributed by atoms with Gasteiger partial charge in [-0.2, -0.15) is 0 Å². The Kier molecular flexibility index (Phi) is 5.16. The van der Waals surface area contributed by atoms with Gasteiger partial charge in [0.1, 0.15) is 5.02 Å². The molecule has 0 saturated heterocycles. The topological polar surface area (TPSA) is 92.5 Å². The van der Waals surface area contributed by atoms with Gasteiger partial charge in [0.05, 0.1) is 11.0 Å². The molecule has 3 rings (SSSR count). The van der Waals surface area contributed by atoms with Crippen molar-refractivity contribution >= 4 is 34.0 Å². The molecule has 0 aliphatic carbocycles. The molecule has 0 bridgehead atoms.